The smallest absolute Gasteiger partial charge is 0.460 e. The average molecular weight is 926 g/mol. The van der Waals surface area contributed by atoms with Crippen molar-refractivity contribution in [3.63, 3.8) is 0 Å². The lowest BCUT2D eigenvalue weighted by atomic mass is 10.1. The van der Waals surface area contributed by atoms with Gasteiger partial charge in [0.25, 0.3) is 0 Å². The van der Waals surface area contributed by atoms with Gasteiger partial charge >= 0.3 is 23.0 Å². The Bertz CT molecular complexity index is 3230. The van der Waals surface area contributed by atoms with Crippen LogP contribution in [0.3, 0.4) is 0 Å². The summed E-state index contributed by atoms with van der Waals surface area (Å²) in [5.74, 6) is 2.18. The van der Waals surface area contributed by atoms with Crippen LogP contribution in [0.25, 0.3) is 43.1 Å². The predicted molar refractivity (Wildman–Crippen MR) is 264 cm³/mol. The van der Waals surface area contributed by atoms with Crippen molar-refractivity contribution in [2.24, 2.45) is 13.5 Å². The zero-order valence-corrected chi connectivity index (χ0v) is 37.5. The number of aromatic hydroxyl groups is 2. The second-order valence-corrected chi connectivity index (χ2v) is 21.4. The van der Waals surface area contributed by atoms with E-state index < -0.39 is 23.0 Å². The lowest BCUT2D eigenvalue weighted by Gasteiger charge is -2.33. The number of rotatable bonds is 12. The van der Waals surface area contributed by atoms with Crippen molar-refractivity contribution < 1.29 is 37.4 Å². The average Bonchev–Trinajstić information content (AvgIpc) is 3.33. The van der Waals surface area contributed by atoms with Gasteiger partial charge < -0.3 is 37.4 Å². The number of hydrogen-bond donors (Lipinski definition) is 2. The fourth-order valence-electron chi connectivity index (χ4n) is 7.66. The molecule has 1 aliphatic rings. The summed E-state index contributed by atoms with van der Waals surface area (Å²) in [5.41, 5.74) is 0. The highest BCUT2D eigenvalue weighted by Gasteiger charge is 2.49. The maximum absolute atomic E-state index is 10.4. The number of phenolic OH excluding ortho intramolecular Hbond substituents is 2. The van der Waals surface area contributed by atoms with Gasteiger partial charge in [0.2, 0.25) is 0 Å². The first-order valence-electron chi connectivity index (χ1n) is 20.9. The minimum Gasteiger partial charge on any atom is -0.508 e. The molecule has 10 aromatic carbocycles. The first kappa shape index (κ1) is 41.1. The summed E-state index contributed by atoms with van der Waals surface area (Å²) in [6.45, 7) is 0. The van der Waals surface area contributed by atoms with Gasteiger partial charge in [0.15, 0.2) is 0 Å². The van der Waals surface area contributed by atoms with Crippen molar-refractivity contribution in [3.8, 4) is 46.0 Å². The number of benzene rings is 10. The molecule has 0 atom stereocenters. The molecule has 1 heterocycles. The molecule has 0 amide bonds. The van der Waals surface area contributed by atoms with Crippen molar-refractivity contribution in [1.82, 2.24) is 0 Å². The van der Waals surface area contributed by atoms with Crippen LogP contribution in [0, 0.1) is 0 Å². The van der Waals surface area contributed by atoms with Gasteiger partial charge in [-0.2, -0.15) is 0 Å². The Morgan fingerprint density at radius 3 is 0.788 bits per heavy atom. The zero-order valence-electron chi connectivity index (χ0n) is 34.8. The highest BCUT2D eigenvalue weighted by molar-refractivity contribution is 7.79. The van der Waals surface area contributed by atoms with Gasteiger partial charge in [-0.15, -0.1) is 0 Å². The maximum atomic E-state index is 10.4. The summed E-state index contributed by atoms with van der Waals surface area (Å²) in [6.07, 6.45) is 0. The highest BCUT2D eigenvalue weighted by Crippen LogP contribution is 2.79. The van der Waals surface area contributed by atoms with Crippen LogP contribution in [-0.4, -0.2) is 10.2 Å². The molecule has 0 bridgehead atoms. The standard InChI is InChI=1S/C52H38N3O8P3/c56-41-29-33-43(34-30-41)58-64(59-44-35-31-42(57)32-36-44)53-65(60-49-25-9-17-37-13-1-5-21-45(37)49,61-50-26-10-18-38-14-2-6-22-46(38)50)55-66(54-64,62-51-27-11-19-39-15-3-7-23-47(39)51)63-52-28-12-20-40-16-4-8-24-48(40)52/h1-36,56-57H. The predicted octanol–water partition coefficient (Wildman–Crippen LogP) is 16.3. The third-order valence-electron chi connectivity index (χ3n) is 10.7. The van der Waals surface area contributed by atoms with E-state index in [0.29, 0.717) is 23.0 Å². The van der Waals surface area contributed by atoms with Crippen molar-refractivity contribution in [3.05, 3.63) is 218 Å². The summed E-state index contributed by atoms with van der Waals surface area (Å²) in [6, 6.07) is 66.6. The molecule has 66 heavy (non-hydrogen) atoms. The SMILES string of the molecule is Oc1ccc(OP2(Oc3ccc(O)cc3)=NP(Oc3cccc4ccccc34)(Oc3cccc4ccccc34)=NP(Oc3cccc4ccccc34)(Oc3cccc4ccccc34)=N2)cc1. The molecule has 14 heteroatoms. The summed E-state index contributed by atoms with van der Waals surface area (Å²) < 4.78 is 59.7. The summed E-state index contributed by atoms with van der Waals surface area (Å²) >= 11 is 0. The van der Waals surface area contributed by atoms with E-state index in [9.17, 15) is 10.2 Å². The van der Waals surface area contributed by atoms with E-state index in [-0.39, 0.29) is 23.0 Å². The van der Waals surface area contributed by atoms with Gasteiger partial charge in [-0.1, -0.05) is 159 Å². The Morgan fingerprint density at radius 1 is 0.258 bits per heavy atom. The van der Waals surface area contributed by atoms with Gasteiger partial charge in [-0.05, 0) is 94.3 Å². The van der Waals surface area contributed by atoms with E-state index in [1.807, 2.05) is 170 Å². The summed E-state index contributed by atoms with van der Waals surface area (Å²) in [7, 11) is -12.9. The molecule has 0 aliphatic carbocycles. The van der Waals surface area contributed by atoms with Crippen molar-refractivity contribution in [2.75, 3.05) is 0 Å². The second kappa shape index (κ2) is 17.0. The molecule has 324 valence electrons. The van der Waals surface area contributed by atoms with Crippen LogP contribution in [0.5, 0.6) is 46.0 Å². The molecule has 0 saturated carbocycles. The molecule has 0 saturated heterocycles. The number of nitrogens with zero attached hydrogens (tertiary/aromatic N) is 3. The lowest BCUT2D eigenvalue weighted by Crippen LogP contribution is -2.11. The molecule has 0 spiro atoms. The largest absolute Gasteiger partial charge is 0.508 e. The van der Waals surface area contributed by atoms with Crippen LogP contribution < -0.4 is 27.1 Å². The van der Waals surface area contributed by atoms with Crippen LogP contribution in [0.2, 0.25) is 0 Å². The lowest BCUT2D eigenvalue weighted by molar-refractivity contribution is 0.443. The van der Waals surface area contributed by atoms with Gasteiger partial charge in [0, 0.05) is 21.5 Å². The molecule has 11 nitrogen and oxygen atoms in total. The van der Waals surface area contributed by atoms with Crippen LogP contribution in [0.1, 0.15) is 0 Å². The molecule has 0 aromatic heterocycles. The Hall–Kier alpha value is -7.67. The maximum Gasteiger partial charge on any atom is 0.460 e. The minimum atomic E-state index is -4.32. The Balaban J connectivity index is 1.28. The van der Waals surface area contributed by atoms with Crippen LogP contribution >= 0.6 is 23.0 Å². The molecule has 0 fully saturated rings. The molecule has 0 unspecified atom stereocenters. The fraction of sp³-hybridized carbons (Fsp3) is 0. The zero-order chi connectivity index (χ0) is 44.6. The van der Waals surface area contributed by atoms with Crippen molar-refractivity contribution in [1.29, 1.82) is 0 Å². The molecule has 11 rings (SSSR count). The van der Waals surface area contributed by atoms with Crippen molar-refractivity contribution >= 4 is 66.1 Å². The number of hydrogen-bond acceptors (Lipinski definition) is 11. The van der Waals surface area contributed by atoms with Crippen LogP contribution in [-0.2, 0) is 0 Å². The van der Waals surface area contributed by atoms with Crippen molar-refractivity contribution in [2.45, 2.75) is 0 Å². The van der Waals surface area contributed by atoms with E-state index in [4.69, 9.17) is 40.7 Å². The van der Waals surface area contributed by atoms with Crippen LogP contribution in [0.4, 0.5) is 0 Å². The van der Waals surface area contributed by atoms with E-state index in [1.54, 1.807) is 24.3 Å². The Morgan fingerprint density at radius 2 is 0.500 bits per heavy atom. The van der Waals surface area contributed by atoms with Gasteiger partial charge in [0.1, 0.15) is 46.0 Å². The first-order valence-corrected chi connectivity index (χ1v) is 25.5. The molecule has 2 N–H and O–H groups in total. The molecule has 0 radical (unpaired) electrons. The van der Waals surface area contributed by atoms with E-state index in [2.05, 4.69) is 0 Å². The normalized spacial score (nSPS) is 14.6. The monoisotopic (exact) mass is 925 g/mol. The third-order valence-corrected chi connectivity index (χ3v) is 18.7. The van der Waals surface area contributed by atoms with E-state index >= 15 is 0 Å². The van der Waals surface area contributed by atoms with E-state index in [0.717, 1.165) is 43.1 Å². The highest BCUT2D eigenvalue weighted by atomic mass is 31.3. The quantitative estimate of drug-likeness (QED) is 0.116. The topological polar surface area (TPSA) is 133 Å². The fourth-order valence-corrected chi connectivity index (χ4v) is 16.8. The molecular formula is C52H38N3O8P3. The second-order valence-electron chi connectivity index (χ2n) is 15.2. The summed E-state index contributed by atoms with van der Waals surface area (Å²) in [5, 5.41) is 27.5. The number of phenols is 2. The molecule has 10 aromatic rings. The molecule has 1 aliphatic heterocycles. The van der Waals surface area contributed by atoms with Gasteiger partial charge in [0.05, 0.1) is 0 Å². The first-order chi connectivity index (χ1) is 32.3. The Labute approximate surface area is 379 Å². The number of fused-ring (bicyclic) bond motifs is 4. The third kappa shape index (κ3) is 8.28. The Kier molecular flexibility index (Phi) is 10.6. The van der Waals surface area contributed by atoms with E-state index in [1.165, 1.54) is 24.3 Å². The van der Waals surface area contributed by atoms with Crippen LogP contribution in [0.15, 0.2) is 232 Å². The molecular weight excluding hydrogens is 888 g/mol. The minimum absolute atomic E-state index is 0.0163. The van der Waals surface area contributed by atoms with Gasteiger partial charge in [-0.25, -0.2) is 0 Å². The van der Waals surface area contributed by atoms with Gasteiger partial charge in [-0.3, -0.25) is 0 Å². The summed E-state index contributed by atoms with van der Waals surface area (Å²) in [4.78, 5) is 0.